The molecule has 0 amide bonds. The zero-order chi connectivity index (χ0) is 13.1. The molecule has 1 atom stereocenters. The molecule has 3 rings (SSSR count). The van der Waals surface area contributed by atoms with Crippen molar-refractivity contribution in [1.82, 2.24) is 4.37 Å². The van der Waals surface area contributed by atoms with Crippen LogP contribution in [0.25, 0.3) is 11.1 Å². The highest BCUT2D eigenvalue weighted by molar-refractivity contribution is 7.99. The van der Waals surface area contributed by atoms with Gasteiger partial charge in [-0.05, 0) is 40.9 Å². The first-order valence-electron chi connectivity index (χ1n) is 6.47. The number of nitrogens with one attached hydrogen (secondary N) is 1. The van der Waals surface area contributed by atoms with Gasteiger partial charge in [0.15, 0.2) is 0 Å². The van der Waals surface area contributed by atoms with Gasteiger partial charge in [0.25, 0.3) is 0 Å². The third-order valence-corrected chi connectivity index (χ3v) is 5.41. The first kappa shape index (κ1) is 12.8. The second-order valence-electron chi connectivity index (χ2n) is 4.75. The SMILES string of the molecule is Nc1nsc(NCC2CCSC2)c1-c1ccccc1. The van der Waals surface area contributed by atoms with Crippen molar-refractivity contribution in [3.8, 4) is 11.1 Å². The number of hydrogen-bond donors (Lipinski definition) is 2. The van der Waals surface area contributed by atoms with Gasteiger partial charge in [0.05, 0.1) is 5.56 Å². The van der Waals surface area contributed by atoms with E-state index in [4.69, 9.17) is 5.73 Å². The predicted molar refractivity (Wildman–Crippen MR) is 85.9 cm³/mol. The Hall–Kier alpha value is -1.20. The molecule has 100 valence electrons. The van der Waals surface area contributed by atoms with E-state index in [1.165, 1.54) is 29.5 Å². The van der Waals surface area contributed by atoms with Gasteiger partial charge in [-0.3, -0.25) is 0 Å². The van der Waals surface area contributed by atoms with Crippen LogP contribution in [0.4, 0.5) is 10.8 Å². The Balaban J connectivity index is 1.78. The number of benzene rings is 1. The molecule has 2 aromatic rings. The molecule has 1 unspecified atom stereocenters. The summed E-state index contributed by atoms with van der Waals surface area (Å²) in [5, 5.41) is 4.63. The molecular weight excluding hydrogens is 274 g/mol. The lowest BCUT2D eigenvalue weighted by molar-refractivity contribution is 0.633. The number of aromatic nitrogens is 1. The Morgan fingerprint density at radius 2 is 2.16 bits per heavy atom. The van der Waals surface area contributed by atoms with Gasteiger partial charge in [-0.2, -0.15) is 16.1 Å². The summed E-state index contributed by atoms with van der Waals surface area (Å²) in [7, 11) is 0. The molecule has 5 heteroatoms. The van der Waals surface area contributed by atoms with Crippen molar-refractivity contribution in [1.29, 1.82) is 0 Å². The number of nitrogens with two attached hydrogens (primary N) is 1. The Morgan fingerprint density at radius 3 is 2.89 bits per heavy atom. The minimum absolute atomic E-state index is 0.625. The van der Waals surface area contributed by atoms with Crippen LogP contribution < -0.4 is 11.1 Å². The quantitative estimate of drug-likeness (QED) is 0.904. The summed E-state index contributed by atoms with van der Waals surface area (Å²) in [5.74, 6) is 3.96. The number of anilines is 2. The van der Waals surface area contributed by atoms with Gasteiger partial charge < -0.3 is 11.1 Å². The van der Waals surface area contributed by atoms with E-state index in [0.29, 0.717) is 5.82 Å². The Morgan fingerprint density at radius 1 is 1.32 bits per heavy atom. The van der Waals surface area contributed by atoms with Crippen molar-refractivity contribution in [2.75, 3.05) is 29.1 Å². The fraction of sp³-hybridized carbons (Fsp3) is 0.357. The van der Waals surface area contributed by atoms with E-state index in [9.17, 15) is 0 Å². The molecule has 0 spiro atoms. The number of nitrogens with zero attached hydrogens (tertiary/aromatic N) is 1. The third kappa shape index (κ3) is 2.87. The number of rotatable bonds is 4. The molecule has 0 radical (unpaired) electrons. The highest BCUT2D eigenvalue weighted by Crippen LogP contribution is 2.37. The molecule has 3 N–H and O–H groups in total. The summed E-state index contributed by atoms with van der Waals surface area (Å²) in [4.78, 5) is 0. The molecule has 1 aliphatic rings. The summed E-state index contributed by atoms with van der Waals surface area (Å²) in [6.07, 6.45) is 1.31. The maximum Gasteiger partial charge on any atom is 0.147 e. The van der Waals surface area contributed by atoms with E-state index in [1.54, 1.807) is 0 Å². The Labute approximate surface area is 121 Å². The fourth-order valence-corrected chi connectivity index (χ4v) is 4.32. The van der Waals surface area contributed by atoms with E-state index in [2.05, 4.69) is 21.8 Å². The molecule has 1 aromatic carbocycles. The lowest BCUT2D eigenvalue weighted by Crippen LogP contribution is -2.13. The number of thioether (sulfide) groups is 1. The van der Waals surface area contributed by atoms with E-state index in [0.717, 1.165) is 28.6 Å². The molecule has 0 aliphatic carbocycles. The molecule has 2 heterocycles. The van der Waals surface area contributed by atoms with Gasteiger partial charge in [-0.1, -0.05) is 30.3 Å². The molecule has 19 heavy (non-hydrogen) atoms. The van der Waals surface area contributed by atoms with Gasteiger partial charge in [0.2, 0.25) is 0 Å². The lowest BCUT2D eigenvalue weighted by Gasteiger charge is -2.11. The van der Waals surface area contributed by atoms with Crippen LogP contribution in [0, 0.1) is 5.92 Å². The zero-order valence-electron chi connectivity index (χ0n) is 10.6. The van der Waals surface area contributed by atoms with Gasteiger partial charge >= 0.3 is 0 Å². The molecule has 1 aliphatic heterocycles. The molecule has 0 bridgehead atoms. The molecule has 1 aromatic heterocycles. The standard InChI is InChI=1S/C14H17N3S2/c15-13-12(11-4-2-1-3-5-11)14(19-17-13)16-8-10-6-7-18-9-10/h1-5,10,16H,6-9H2,(H2,15,17). The van der Waals surface area contributed by atoms with Crippen LogP contribution >= 0.6 is 23.3 Å². The minimum atomic E-state index is 0.625. The summed E-state index contributed by atoms with van der Waals surface area (Å²) < 4.78 is 4.29. The first-order chi connectivity index (χ1) is 9.34. The molecule has 1 fully saturated rings. The molecule has 0 saturated carbocycles. The van der Waals surface area contributed by atoms with Gasteiger partial charge in [0.1, 0.15) is 10.8 Å². The van der Waals surface area contributed by atoms with Crippen LogP contribution in [0.1, 0.15) is 6.42 Å². The summed E-state index contributed by atoms with van der Waals surface area (Å²) in [6.45, 7) is 1.02. The first-order valence-corrected chi connectivity index (χ1v) is 8.39. The van der Waals surface area contributed by atoms with Crippen molar-refractivity contribution in [2.45, 2.75) is 6.42 Å². The lowest BCUT2D eigenvalue weighted by atomic mass is 10.1. The van der Waals surface area contributed by atoms with Crippen LogP contribution in [0.2, 0.25) is 0 Å². The highest BCUT2D eigenvalue weighted by Gasteiger charge is 2.18. The van der Waals surface area contributed by atoms with E-state index in [1.807, 2.05) is 30.0 Å². The maximum absolute atomic E-state index is 6.01. The van der Waals surface area contributed by atoms with Crippen molar-refractivity contribution in [3.05, 3.63) is 30.3 Å². The normalized spacial score (nSPS) is 18.6. The van der Waals surface area contributed by atoms with Crippen LogP contribution in [-0.2, 0) is 0 Å². The van der Waals surface area contributed by atoms with Gasteiger partial charge in [0, 0.05) is 6.54 Å². The second-order valence-corrected chi connectivity index (χ2v) is 6.67. The summed E-state index contributed by atoms with van der Waals surface area (Å²) in [5.41, 5.74) is 8.20. The van der Waals surface area contributed by atoms with Crippen LogP contribution in [0.15, 0.2) is 30.3 Å². The fourth-order valence-electron chi connectivity index (χ4n) is 2.29. The average Bonchev–Trinajstić information content (AvgIpc) is 3.07. The highest BCUT2D eigenvalue weighted by atomic mass is 32.2. The van der Waals surface area contributed by atoms with Crippen LogP contribution in [-0.4, -0.2) is 22.4 Å². The predicted octanol–water partition coefficient (Wildman–Crippen LogP) is 3.56. The maximum atomic E-state index is 6.01. The van der Waals surface area contributed by atoms with Crippen molar-refractivity contribution in [2.24, 2.45) is 5.92 Å². The van der Waals surface area contributed by atoms with E-state index < -0.39 is 0 Å². The van der Waals surface area contributed by atoms with Gasteiger partial charge in [-0.15, -0.1) is 0 Å². The Bertz CT molecular complexity index is 533. The second kappa shape index (κ2) is 5.84. The molecular formula is C14H17N3S2. The van der Waals surface area contributed by atoms with E-state index in [-0.39, 0.29) is 0 Å². The van der Waals surface area contributed by atoms with Gasteiger partial charge in [-0.25, -0.2) is 0 Å². The van der Waals surface area contributed by atoms with Crippen LogP contribution in [0.5, 0.6) is 0 Å². The number of hydrogen-bond acceptors (Lipinski definition) is 5. The smallest absolute Gasteiger partial charge is 0.147 e. The number of nitrogen functional groups attached to an aromatic ring is 1. The minimum Gasteiger partial charge on any atom is -0.382 e. The van der Waals surface area contributed by atoms with Crippen molar-refractivity contribution < 1.29 is 0 Å². The summed E-state index contributed by atoms with van der Waals surface area (Å²) >= 11 is 3.51. The largest absolute Gasteiger partial charge is 0.382 e. The Kier molecular flexibility index (Phi) is 3.94. The summed E-state index contributed by atoms with van der Waals surface area (Å²) in [6, 6.07) is 10.2. The monoisotopic (exact) mass is 291 g/mol. The van der Waals surface area contributed by atoms with Crippen LogP contribution in [0.3, 0.4) is 0 Å². The molecule has 1 saturated heterocycles. The molecule has 3 nitrogen and oxygen atoms in total. The third-order valence-electron chi connectivity index (χ3n) is 3.36. The van der Waals surface area contributed by atoms with Crippen molar-refractivity contribution >= 4 is 34.1 Å². The zero-order valence-corrected chi connectivity index (χ0v) is 12.3. The van der Waals surface area contributed by atoms with E-state index >= 15 is 0 Å². The topological polar surface area (TPSA) is 50.9 Å². The average molecular weight is 291 g/mol. The van der Waals surface area contributed by atoms with Crippen molar-refractivity contribution in [3.63, 3.8) is 0 Å².